The lowest BCUT2D eigenvalue weighted by Gasteiger charge is -2.27. The number of aromatic nitrogens is 1. The third-order valence-corrected chi connectivity index (χ3v) is 4.09. The van der Waals surface area contributed by atoms with Crippen LogP contribution in [0.4, 0.5) is 0 Å². The fraction of sp³-hybridized carbons (Fsp3) is 0.500. The Hall–Kier alpha value is -1.41. The number of fused-ring (bicyclic) bond motifs is 1. The zero-order valence-electron chi connectivity index (χ0n) is 12.9. The van der Waals surface area contributed by atoms with Gasteiger partial charge in [0, 0.05) is 17.6 Å². The number of hydrogen-bond donors (Lipinski definition) is 1. The highest BCUT2D eigenvalue weighted by molar-refractivity contribution is 5.79. The van der Waals surface area contributed by atoms with Gasteiger partial charge in [0.2, 0.25) is 0 Å². The number of hydrogen-bond acceptors (Lipinski definition) is 2. The van der Waals surface area contributed by atoms with Crippen molar-refractivity contribution in [2.45, 2.75) is 45.6 Å². The summed E-state index contributed by atoms with van der Waals surface area (Å²) in [6.45, 7) is 4.55. The highest BCUT2D eigenvalue weighted by atomic mass is 14.9. The third kappa shape index (κ3) is 3.37. The van der Waals surface area contributed by atoms with Gasteiger partial charge >= 0.3 is 0 Å². The van der Waals surface area contributed by atoms with Crippen LogP contribution in [0.5, 0.6) is 0 Å². The van der Waals surface area contributed by atoms with E-state index < -0.39 is 0 Å². The Bertz CT molecular complexity index is 530. The molecule has 1 aromatic heterocycles. The van der Waals surface area contributed by atoms with Gasteiger partial charge in [-0.2, -0.15) is 0 Å². The van der Waals surface area contributed by atoms with Crippen molar-refractivity contribution >= 4 is 10.9 Å². The first-order valence-corrected chi connectivity index (χ1v) is 7.82. The average Bonchev–Trinajstić information content (AvgIpc) is 2.48. The van der Waals surface area contributed by atoms with E-state index in [2.05, 4.69) is 55.5 Å². The van der Waals surface area contributed by atoms with E-state index in [0.717, 1.165) is 5.52 Å². The van der Waals surface area contributed by atoms with Crippen LogP contribution < -0.4 is 5.32 Å². The summed E-state index contributed by atoms with van der Waals surface area (Å²) in [5, 5.41) is 4.77. The molecule has 1 atom stereocenters. The van der Waals surface area contributed by atoms with Gasteiger partial charge in [0.05, 0.1) is 5.52 Å². The maximum Gasteiger partial charge on any atom is 0.0702 e. The normalized spacial score (nSPS) is 13.0. The van der Waals surface area contributed by atoms with Gasteiger partial charge in [-0.3, -0.25) is 4.98 Å². The molecule has 1 N–H and O–H groups in total. The zero-order chi connectivity index (χ0) is 14.4. The van der Waals surface area contributed by atoms with Crippen molar-refractivity contribution in [1.29, 1.82) is 0 Å². The summed E-state index contributed by atoms with van der Waals surface area (Å²) < 4.78 is 0. The van der Waals surface area contributed by atoms with Crippen LogP contribution in [0.3, 0.4) is 0 Å². The first-order valence-electron chi connectivity index (χ1n) is 7.82. The molecular weight excluding hydrogens is 244 g/mol. The van der Waals surface area contributed by atoms with Crippen LogP contribution in [0.15, 0.2) is 36.5 Å². The number of pyridine rings is 1. The van der Waals surface area contributed by atoms with Crippen molar-refractivity contribution in [3.63, 3.8) is 0 Å². The minimum absolute atomic E-state index is 0.444. The van der Waals surface area contributed by atoms with Crippen molar-refractivity contribution < 1.29 is 0 Å². The summed E-state index contributed by atoms with van der Waals surface area (Å²) in [6.07, 6.45) is 6.92. The van der Waals surface area contributed by atoms with Gasteiger partial charge in [-0.15, -0.1) is 0 Å². The van der Waals surface area contributed by atoms with E-state index in [1.807, 2.05) is 12.3 Å². The summed E-state index contributed by atoms with van der Waals surface area (Å²) in [6, 6.07) is 11.3. The van der Waals surface area contributed by atoms with Gasteiger partial charge in [-0.05, 0) is 49.6 Å². The maximum absolute atomic E-state index is 4.40. The topological polar surface area (TPSA) is 24.9 Å². The highest BCUT2D eigenvalue weighted by Gasteiger charge is 2.20. The third-order valence-electron chi connectivity index (χ3n) is 4.09. The Balaban J connectivity index is 2.31. The molecule has 0 aliphatic rings. The van der Waals surface area contributed by atoms with E-state index >= 15 is 0 Å². The fourth-order valence-corrected chi connectivity index (χ4v) is 3.18. The smallest absolute Gasteiger partial charge is 0.0702 e. The molecule has 2 heteroatoms. The molecule has 2 aromatic rings. The van der Waals surface area contributed by atoms with Crippen LogP contribution in [0.25, 0.3) is 10.9 Å². The molecule has 1 unspecified atom stereocenters. The summed E-state index contributed by atoms with van der Waals surface area (Å²) >= 11 is 0. The number of rotatable bonds is 7. The first-order chi connectivity index (χ1) is 9.80. The predicted octanol–water partition coefficient (Wildman–Crippen LogP) is 4.71. The maximum atomic E-state index is 4.40. The largest absolute Gasteiger partial charge is 0.313 e. The Morgan fingerprint density at radius 3 is 2.50 bits per heavy atom. The highest BCUT2D eigenvalue weighted by Crippen LogP contribution is 2.30. The number of benzene rings is 1. The molecule has 0 spiro atoms. The minimum Gasteiger partial charge on any atom is -0.313 e. The predicted molar refractivity (Wildman–Crippen MR) is 86.8 cm³/mol. The second-order valence-electron chi connectivity index (χ2n) is 5.56. The molecule has 0 amide bonds. The Labute approximate surface area is 122 Å². The van der Waals surface area contributed by atoms with Gasteiger partial charge in [-0.25, -0.2) is 0 Å². The molecule has 0 saturated carbocycles. The molecule has 20 heavy (non-hydrogen) atoms. The molecule has 2 rings (SSSR count). The fourth-order valence-electron chi connectivity index (χ4n) is 3.18. The molecule has 1 heterocycles. The molecular formula is C18H26N2. The SMILES string of the molecule is CCCC(CCC)C(NC)c1ccc2ncccc2c1. The zero-order valence-corrected chi connectivity index (χ0v) is 12.9. The molecule has 1 aromatic carbocycles. The minimum atomic E-state index is 0.444. The Morgan fingerprint density at radius 2 is 1.85 bits per heavy atom. The monoisotopic (exact) mass is 270 g/mol. The summed E-state index contributed by atoms with van der Waals surface area (Å²) in [5.41, 5.74) is 2.47. The van der Waals surface area contributed by atoms with Crippen molar-refractivity contribution in [3.05, 3.63) is 42.1 Å². The molecule has 2 nitrogen and oxygen atoms in total. The van der Waals surface area contributed by atoms with Crippen LogP contribution in [0.1, 0.15) is 51.1 Å². The van der Waals surface area contributed by atoms with Crippen LogP contribution in [0, 0.1) is 5.92 Å². The summed E-state index contributed by atoms with van der Waals surface area (Å²) in [4.78, 5) is 4.40. The van der Waals surface area contributed by atoms with Crippen molar-refractivity contribution in [1.82, 2.24) is 10.3 Å². The first kappa shape index (κ1) is 15.0. The standard InChI is InChI=1S/C18H26N2/c1-4-7-14(8-5-2)18(19-3)16-10-11-17-15(13-16)9-6-12-20-17/h6,9-14,18-19H,4-5,7-8H2,1-3H3. The van der Waals surface area contributed by atoms with Gasteiger partial charge in [0.25, 0.3) is 0 Å². The quantitative estimate of drug-likeness (QED) is 0.788. The molecule has 0 aliphatic carbocycles. The van der Waals surface area contributed by atoms with Gasteiger partial charge in [-0.1, -0.05) is 38.8 Å². The van der Waals surface area contributed by atoms with E-state index in [-0.39, 0.29) is 0 Å². The average molecular weight is 270 g/mol. The number of nitrogens with zero attached hydrogens (tertiary/aromatic N) is 1. The molecule has 0 fully saturated rings. The lowest BCUT2D eigenvalue weighted by atomic mass is 9.86. The van der Waals surface area contributed by atoms with E-state index in [9.17, 15) is 0 Å². The van der Waals surface area contributed by atoms with E-state index in [1.165, 1.54) is 36.6 Å². The summed E-state index contributed by atoms with van der Waals surface area (Å²) in [7, 11) is 2.08. The lowest BCUT2D eigenvalue weighted by molar-refractivity contribution is 0.331. The second kappa shape index (κ2) is 7.39. The molecule has 0 bridgehead atoms. The van der Waals surface area contributed by atoms with Crippen LogP contribution >= 0.6 is 0 Å². The van der Waals surface area contributed by atoms with Gasteiger partial charge < -0.3 is 5.32 Å². The van der Waals surface area contributed by atoms with Gasteiger partial charge in [0.15, 0.2) is 0 Å². The van der Waals surface area contributed by atoms with Crippen molar-refractivity contribution in [2.24, 2.45) is 5.92 Å². The van der Waals surface area contributed by atoms with E-state index in [0.29, 0.717) is 12.0 Å². The van der Waals surface area contributed by atoms with E-state index in [1.54, 1.807) is 0 Å². The number of nitrogens with one attached hydrogen (secondary N) is 1. The van der Waals surface area contributed by atoms with Gasteiger partial charge in [0.1, 0.15) is 0 Å². The summed E-state index contributed by atoms with van der Waals surface area (Å²) in [5.74, 6) is 0.712. The Kier molecular flexibility index (Phi) is 5.54. The van der Waals surface area contributed by atoms with Crippen molar-refractivity contribution in [2.75, 3.05) is 7.05 Å². The lowest BCUT2D eigenvalue weighted by Crippen LogP contribution is -2.25. The van der Waals surface area contributed by atoms with Crippen LogP contribution in [0.2, 0.25) is 0 Å². The molecule has 0 aliphatic heterocycles. The van der Waals surface area contributed by atoms with Crippen molar-refractivity contribution in [3.8, 4) is 0 Å². The van der Waals surface area contributed by atoms with Crippen LogP contribution in [-0.4, -0.2) is 12.0 Å². The molecule has 108 valence electrons. The molecule has 0 saturated heterocycles. The van der Waals surface area contributed by atoms with E-state index in [4.69, 9.17) is 0 Å². The Morgan fingerprint density at radius 1 is 1.10 bits per heavy atom. The second-order valence-corrected chi connectivity index (χ2v) is 5.56. The molecule has 0 radical (unpaired) electrons. The van der Waals surface area contributed by atoms with Crippen LogP contribution in [-0.2, 0) is 0 Å².